The van der Waals surface area contributed by atoms with Crippen LogP contribution in [0.25, 0.3) is 12.2 Å². The molecule has 0 radical (unpaired) electrons. The average molecular weight is 544 g/mol. The number of benzene rings is 1. The summed E-state index contributed by atoms with van der Waals surface area (Å²) in [5.74, 6) is 0.0822. The SMILES string of the molecule is CCN1CCN(CCCNC(=O)C2CCN(S(=O)(=O)c3c(C)noc3C=Cc3ccc(C)cc3)CC2)CC1. The van der Waals surface area contributed by atoms with E-state index in [0.29, 0.717) is 38.2 Å². The second kappa shape index (κ2) is 13.0. The Hall–Kier alpha value is -2.53. The molecule has 2 aromatic rings. The van der Waals surface area contributed by atoms with Crippen LogP contribution in [0.1, 0.15) is 48.8 Å². The Morgan fingerprint density at radius 2 is 1.68 bits per heavy atom. The first kappa shape index (κ1) is 28.5. The van der Waals surface area contributed by atoms with Crippen molar-refractivity contribution in [2.75, 3.05) is 58.9 Å². The molecule has 9 nitrogen and oxygen atoms in total. The van der Waals surface area contributed by atoms with E-state index < -0.39 is 10.0 Å². The first-order chi connectivity index (χ1) is 18.3. The van der Waals surface area contributed by atoms with Gasteiger partial charge in [-0.25, -0.2) is 8.42 Å². The number of piperazine rings is 1. The smallest absolute Gasteiger partial charge is 0.248 e. The zero-order valence-electron chi connectivity index (χ0n) is 22.9. The van der Waals surface area contributed by atoms with Crippen LogP contribution in [0.5, 0.6) is 0 Å². The number of carbonyl (C=O) groups is 1. The Bertz CT molecular complexity index is 1190. The molecule has 0 atom stereocenters. The van der Waals surface area contributed by atoms with Crippen LogP contribution in [-0.2, 0) is 14.8 Å². The number of nitrogens with zero attached hydrogens (tertiary/aromatic N) is 4. The van der Waals surface area contributed by atoms with E-state index in [1.54, 1.807) is 13.0 Å². The van der Waals surface area contributed by atoms with E-state index in [2.05, 4.69) is 27.2 Å². The number of likely N-dealkylation sites (N-methyl/N-ethyl adjacent to an activating group) is 1. The molecule has 0 spiro atoms. The summed E-state index contributed by atoms with van der Waals surface area (Å²) in [5, 5.41) is 7.00. The van der Waals surface area contributed by atoms with Crippen LogP contribution >= 0.6 is 0 Å². The zero-order valence-corrected chi connectivity index (χ0v) is 23.7. The summed E-state index contributed by atoms with van der Waals surface area (Å²) < 4.78 is 33.8. The number of carbonyl (C=O) groups excluding carboxylic acids is 1. The molecule has 208 valence electrons. The maximum atomic E-state index is 13.5. The van der Waals surface area contributed by atoms with E-state index in [9.17, 15) is 13.2 Å². The molecule has 3 heterocycles. The number of amides is 1. The van der Waals surface area contributed by atoms with Gasteiger partial charge in [0.1, 0.15) is 5.69 Å². The van der Waals surface area contributed by atoms with Gasteiger partial charge >= 0.3 is 0 Å². The number of aryl methyl sites for hydroxylation is 2. The second-order valence-electron chi connectivity index (χ2n) is 10.3. The highest BCUT2D eigenvalue weighted by atomic mass is 32.2. The van der Waals surface area contributed by atoms with Crippen molar-refractivity contribution in [1.82, 2.24) is 24.6 Å². The summed E-state index contributed by atoms with van der Waals surface area (Å²) in [6.45, 7) is 13.6. The molecule has 10 heteroatoms. The van der Waals surface area contributed by atoms with Gasteiger partial charge in [-0.15, -0.1) is 0 Å². The van der Waals surface area contributed by atoms with Gasteiger partial charge in [0.15, 0.2) is 10.7 Å². The minimum atomic E-state index is -3.79. The lowest BCUT2D eigenvalue weighted by molar-refractivity contribution is -0.126. The number of sulfonamides is 1. The van der Waals surface area contributed by atoms with Crippen LogP contribution in [0.4, 0.5) is 0 Å². The fourth-order valence-electron chi connectivity index (χ4n) is 5.12. The van der Waals surface area contributed by atoms with Gasteiger partial charge in [-0.3, -0.25) is 4.79 Å². The average Bonchev–Trinajstić information content (AvgIpc) is 3.32. The predicted octanol–water partition coefficient (Wildman–Crippen LogP) is 3.01. The number of rotatable bonds is 10. The summed E-state index contributed by atoms with van der Waals surface area (Å²) in [6, 6.07) is 7.93. The molecule has 1 N–H and O–H groups in total. The molecule has 38 heavy (non-hydrogen) atoms. The molecule has 0 saturated carbocycles. The minimum absolute atomic E-state index is 0.0285. The number of nitrogens with one attached hydrogen (secondary N) is 1. The molecule has 4 rings (SSSR count). The molecule has 0 aliphatic carbocycles. The molecular formula is C28H41N5O4S. The lowest BCUT2D eigenvalue weighted by atomic mass is 9.97. The summed E-state index contributed by atoms with van der Waals surface area (Å²) >= 11 is 0. The van der Waals surface area contributed by atoms with Crippen LogP contribution in [-0.4, -0.2) is 92.5 Å². The Morgan fingerprint density at radius 3 is 2.34 bits per heavy atom. The van der Waals surface area contributed by atoms with Crippen molar-refractivity contribution in [3.8, 4) is 0 Å². The Labute approximate surface area is 226 Å². The van der Waals surface area contributed by atoms with Crippen molar-refractivity contribution in [3.63, 3.8) is 0 Å². The lowest BCUT2D eigenvalue weighted by Gasteiger charge is -2.34. The van der Waals surface area contributed by atoms with Gasteiger partial charge in [-0.1, -0.05) is 48.0 Å². The molecule has 2 aliphatic heterocycles. The highest BCUT2D eigenvalue weighted by Crippen LogP contribution is 2.29. The molecular weight excluding hydrogens is 502 g/mol. The molecule has 0 unspecified atom stereocenters. The van der Waals surface area contributed by atoms with Gasteiger partial charge in [0, 0.05) is 51.7 Å². The van der Waals surface area contributed by atoms with Crippen molar-refractivity contribution in [3.05, 3.63) is 46.8 Å². The third-order valence-corrected chi connectivity index (χ3v) is 9.68. The third-order valence-electron chi connectivity index (χ3n) is 7.62. The quantitative estimate of drug-likeness (QED) is 0.460. The van der Waals surface area contributed by atoms with Gasteiger partial charge in [0.05, 0.1) is 0 Å². The van der Waals surface area contributed by atoms with Crippen molar-refractivity contribution >= 4 is 28.1 Å². The summed E-state index contributed by atoms with van der Waals surface area (Å²) in [5.41, 5.74) is 2.43. The number of hydrogen-bond donors (Lipinski definition) is 1. The lowest BCUT2D eigenvalue weighted by Crippen LogP contribution is -2.47. The number of aromatic nitrogens is 1. The largest absolute Gasteiger partial charge is 0.356 e. The van der Waals surface area contributed by atoms with Crippen LogP contribution in [0.2, 0.25) is 0 Å². The fraction of sp³-hybridized carbons (Fsp3) is 0.571. The highest BCUT2D eigenvalue weighted by molar-refractivity contribution is 7.89. The molecule has 2 fully saturated rings. The van der Waals surface area contributed by atoms with Crippen molar-refractivity contribution < 1.29 is 17.7 Å². The van der Waals surface area contributed by atoms with E-state index in [1.807, 2.05) is 37.3 Å². The van der Waals surface area contributed by atoms with Crippen LogP contribution in [0.15, 0.2) is 33.7 Å². The Balaban J connectivity index is 1.26. The molecule has 1 amide bonds. The van der Waals surface area contributed by atoms with Gasteiger partial charge < -0.3 is 19.6 Å². The topological polar surface area (TPSA) is 99.0 Å². The van der Waals surface area contributed by atoms with Crippen LogP contribution in [0, 0.1) is 19.8 Å². The van der Waals surface area contributed by atoms with Crippen molar-refractivity contribution in [2.45, 2.75) is 44.9 Å². The number of hydrogen-bond acceptors (Lipinski definition) is 7. The Morgan fingerprint density at radius 1 is 1.03 bits per heavy atom. The van der Waals surface area contributed by atoms with Crippen LogP contribution < -0.4 is 5.32 Å². The maximum absolute atomic E-state index is 13.5. The van der Waals surface area contributed by atoms with E-state index in [4.69, 9.17) is 4.52 Å². The molecule has 2 saturated heterocycles. The zero-order chi connectivity index (χ0) is 27.1. The molecule has 2 aliphatic rings. The summed E-state index contributed by atoms with van der Waals surface area (Å²) in [4.78, 5) is 17.7. The van der Waals surface area contributed by atoms with Crippen molar-refractivity contribution in [2.24, 2.45) is 5.92 Å². The van der Waals surface area contributed by atoms with Gasteiger partial charge in [0.2, 0.25) is 15.9 Å². The molecule has 1 aromatic carbocycles. The third kappa shape index (κ3) is 7.11. The molecule has 1 aromatic heterocycles. The number of piperidine rings is 1. The predicted molar refractivity (Wildman–Crippen MR) is 149 cm³/mol. The first-order valence-electron chi connectivity index (χ1n) is 13.7. The van der Waals surface area contributed by atoms with Gasteiger partial charge in [-0.2, -0.15) is 4.31 Å². The van der Waals surface area contributed by atoms with Gasteiger partial charge in [-0.05, 0) is 57.8 Å². The monoisotopic (exact) mass is 543 g/mol. The second-order valence-corrected chi connectivity index (χ2v) is 12.2. The minimum Gasteiger partial charge on any atom is -0.356 e. The molecule has 0 bridgehead atoms. The van der Waals surface area contributed by atoms with E-state index >= 15 is 0 Å². The standard InChI is InChI=1S/C28H41N5O4S/c1-4-31-18-20-32(21-19-31)15-5-14-29-28(34)25-12-16-33(17-13-25)38(35,36)27-23(3)30-37-26(27)11-10-24-8-6-22(2)7-9-24/h6-11,25H,4-5,12-21H2,1-3H3,(H,29,34). The van der Waals surface area contributed by atoms with Gasteiger partial charge in [0.25, 0.3) is 0 Å². The van der Waals surface area contributed by atoms with E-state index in [0.717, 1.165) is 56.8 Å². The summed E-state index contributed by atoms with van der Waals surface area (Å²) in [7, 11) is -3.79. The van der Waals surface area contributed by atoms with E-state index in [-0.39, 0.29) is 22.5 Å². The fourth-order valence-corrected chi connectivity index (χ4v) is 6.84. The first-order valence-corrected chi connectivity index (χ1v) is 15.2. The Kier molecular flexibility index (Phi) is 9.75. The van der Waals surface area contributed by atoms with Crippen molar-refractivity contribution in [1.29, 1.82) is 0 Å². The normalized spacial score (nSPS) is 18.8. The van der Waals surface area contributed by atoms with Crippen LogP contribution in [0.3, 0.4) is 0 Å². The van der Waals surface area contributed by atoms with E-state index in [1.165, 1.54) is 4.31 Å². The highest BCUT2D eigenvalue weighted by Gasteiger charge is 2.35. The maximum Gasteiger partial charge on any atom is 0.248 e. The summed E-state index contributed by atoms with van der Waals surface area (Å²) in [6.07, 6.45) is 5.41.